The molecule has 0 bridgehead atoms. The van der Waals surface area contributed by atoms with Crippen LogP contribution in [0.15, 0.2) is 22.4 Å². The summed E-state index contributed by atoms with van der Waals surface area (Å²) in [4.78, 5) is 11.5. The van der Waals surface area contributed by atoms with Crippen molar-refractivity contribution < 1.29 is 22.7 Å². The third kappa shape index (κ3) is 3.16. The van der Waals surface area contributed by atoms with Gasteiger partial charge < -0.3 is 14.9 Å². The minimum Gasteiger partial charge on any atom is -0.495 e. The van der Waals surface area contributed by atoms with Crippen LogP contribution in [0.4, 0.5) is 0 Å². The smallest absolute Gasteiger partial charge is 0.339 e. The third-order valence-corrected chi connectivity index (χ3v) is 4.12. The fourth-order valence-corrected chi connectivity index (χ4v) is 3.13. The molecule has 0 aromatic heterocycles. The molecule has 0 saturated heterocycles. The van der Waals surface area contributed by atoms with Crippen LogP contribution in [0.3, 0.4) is 0 Å². The summed E-state index contributed by atoms with van der Waals surface area (Å²) < 4.78 is 33.2. The first kappa shape index (κ1) is 15.7. The fourth-order valence-electron chi connectivity index (χ4n) is 1.66. The lowest BCUT2D eigenvalue weighted by Crippen LogP contribution is -2.35. The maximum atomic E-state index is 11.7. The highest BCUT2D eigenvalue weighted by atomic mass is 35.5. The van der Waals surface area contributed by atoms with E-state index in [2.05, 4.69) is 4.74 Å². The molecule has 0 heterocycles. The van der Waals surface area contributed by atoms with Gasteiger partial charge in [0.25, 0.3) is 0 Å². The van der Waals surface area contributed by atoms with Gasteiger partial charge in [0.2, 0.25) is 0 Å². The van der Waals surface area contributed by atoms with Gasteiger partial charge in [0.05, 0.1) is 30.0 Å². The molecule has 0 amide bonds. The Morgan fingerprint density at radius 2 is 2.11 bits per heavy atom. The van der Waals surface area contributed by atoms with Gasteiger partial charge in [0, 0.05) is 6.26 Å². The Bertz CT molecular complexity index is 576. The number of allylic oxidation sites excluding steroid dienone is 1. The van der Waals surface area contributed by atoms with Gasteiger partial charge >= 0.3 is 5.97 Å². The van der Waals surface area contributed by atoms with Crippen molar-refractivity contribution in [3.8, 4) is 0 Å². The van der Waals surface area contributed by atoms with E-state index in [4.69, 9.17) is 21.7 Å². The van der Waals surface area contributed by atoms with E-state index >= 15 is 0 Å². The highest BCUT2D eigenvalue weighted by Crippen LogP contribution is 2.31. The number of ether oxygens (including phenoxy) is 2. The molecular formula is C11H14ClNO5S. The summed E-state index contributed by atoms with van der Waals surface area (Å²) in [5.74, 6) is -0.863. The molecule has 0 aromatic rings. The predicted molar refractivity (Wildman–Crippen MR) is 71.0 cm³/mol. The Kier molecular flexibility index (Phi) is 4.75. The predicted octanol–water partition coefficient (Wildman–Crippen LogP) is 1.02. The second-order valence-electron chi connectivity index (χ2n) is 3.83. The van der Waals surface area contributed by atoms with E-state index in [9.17, 15) is 13.2 Å². The van der Waals surface area contributed by atoms with Gasteiger partial charge in [0.15, 0.2) is 15.1 Å². The molecule has 0 fully saturated rings. The first-order valence-electron chi connectivity index (χ1n) is 5.34. The lowest BCUT2D eigenvalue weighted by Gasteiger charge is -2.24. The number of rotatable bonds is 4. The summed E-state index contributed by atoms with van der Waals surface area (Å²) in [6.45, 7) is 1.82. The van der Waals surface area contributed by atoms with Crippen LogP contribution in [0.1, 0.15) is 6.92 Å². The zero-order valence-corrected chi connectivity index (χ0v) is 12.3. The number of halogens is 1. The lowest BCUT2D eigenvalue weighted by molar-refractivity contribution is -0.135. The number of sulfone groups is 1. The Labute approximate surface area is 116 Å². The summed E-state index contributed by atoms with van der Waals surface area (Å²) >= 11 is 5.99. The zero-order valence-electron chi connectivity index (χ0n) is 10.7. The molecule has 1 unspecified atom stereocenters. The molecule has 1 rings (SSSR count). The quantitative estimate of drug-likeness (QED) is 0.783. The molecule has 0 aliphatic heterocycles. The Morgan fingerprint density at radius 1 is 1.53 bits per heavy atom. The highest BCUT2D eigenvalue weighted by molar-refractivity contribution is 7.92. The molecule has 0 saturated carbocycles. The fraction of sp³-hybridized carbons (Fsp3) is 0.455. The molecule has 0 aromatic carbocycles. The number of hydrogen-bond acceptors (Lipinski definition) is 6. The van der Waals surface area contributed by atoms with Crippen molar-refractivity contribution >= 4 is 33.1 Å². The standard InChI is InChI=1S/C11H14ClNO5S/c1-4-18-9-8(12)6(11(14)17-2)5-7(13)10(9)19(3,15)16/h5,10,13H,4H2,1-3H3. The number of methoxy groups -OCH3 is 1. The molecular weight excluding hydrogens is 294 g/mol. The molecule has 19 heavy (non-hydrogen) atoms. The summed E-state index contributed by atoms with van der Waals surface area (Å²) in [6, 6.07) is 0. The van der Waals surface area contributed by atoms with Crippen molar-refractivity contribution in [2.24, 2.45) is 0 Å². The Hall–Kier alpha value is -1.34. The maximum absolute atomic E-state index is 11.7. The Balaban J connectivity index is 3.43. The van der Waals surface area contributed by atoms with Gasteiger partial charge in [-0.2, -0.15) is 0 Å². The molecule has 0 spiro atoms. The average Bonchev–Trinajstić information content (AvgIpc) is 2.31. The third-order valence-electron chi connectivity index (χ3n) is 2.41. The van der Waals surface area contributed by atoms with Crippen molar-refractivity contribution in [2.75, 3.05) is 20.0 Å². The van der Waals surface area contributed by atoms with E-state index in [1.807, 2.05) is 0 Å². The van der Waals surface area contributed by atoms with Crippen molar-refractivity contribution in [1.82, 2.24) is 0 Å². The molecule has 6 nitrogen and oxygen atoms in total. The molecule has 8 heteroatoms. The van der Waals surface area contributed by atoms with Gasteiger partial charge in [-0.15, -0.1) is 0 Å². The van der Waals surface area contributed by atoms with Gasteiger partial charge in [0.1, 0.15) is 5.76 Å². The van der Waals surface area contributed by atoms with Crippen LogP contribution in [0.5, 0.6) is 0 Å². The monoisotopic (exact) mass is 307 g/mol. The van der Waals surface area contributed by atoms with E-state index in [1.54, 1.807) is 6.92 Å². The molecule has 1 aliphatic rings. The van der Waals surface area contributed by atoms with Crippen LogP contribution in [0.2, 0.25) is 0 Å². The summed E-state index contributed by atoms with van der Waals surface area (Å²) in [5.41, 5.74) is -0.367. The SMILES string of the molecule is CCOC1=C(Cl)C(C(=O)OC)=CC(=N)C1S(C)(=O)=O. The summed E-state index contributed by atoms with van der Waals surface area (Å²) in [5, 5.41) is 6.33. The van der Waals surface area contributed by atoms with E-state index in [0.717, 1.165) is 12.3 Å². The van der Waals surface area contributed by atoms with Gasteiger partial charge in [-0.1, -0.05) is 11.6 Å². The van der Waals surface area contributed by atoms with E-state index < -0.39 is 21.1 Å². The minimum absolute atomic E-state index is 0.0856. The van der Waals surface area contributed by atoms with Crippen LogP contribution in [-0.2, 0) is 24.1 Å². The topological polar surface area (TPSA) is 93.5 Å². The molecule has 106 valence electrons. The summed E-state index contributed by atoms with van der Waals surface area (Å²) in [7, 11) is -2.46. The van der Waals surface area contributed by atoms with Crippen LogP contribution in [-0.4, -0.2) is 45.3 Å². The summed E-state index contributed by atoms with van der Waals surface area (Å²) in [6.07, 6.45) is 2.06. The first-order chi connectivity index (χ1) is 8.73. The van der Waals surface area contributed by atoms with E-state index in [-0.39, 0.29) is 28.7 Å². The van der Waals surface area contributed by atoms with Crippen molar-refractivity contribution in [3.05, 3.63) is 22.4 Å². The first-order valence-corrected chi connectivity index (χ1v) is 7.67. The second-order valence-corrected chi connectivity index (χ2v) is 6.33. The van der Waals surface area contributed by atoms with Crippen molar-refractivity contribution in [1.29, 1.82) is 5.41 Å². The normalized spacial score (nSPS) is 20.1. The lowest BCUT2D eigenvalue weighted by atomic mass is 10.0. The van der Waals surface area contributed by atoms with Gasteiger partial charge in [-0.25, -0.2) is 13.2 Å². The number of carbonyl (C=O) groups is 1. The number of nitrogens with one attached hydrogen (secondary N) is 1. The minimum atomic E-state index is -3.62. The van der Waals surface area contributed by atoms with Crippen LogP contribution >= 0.6 is 11.6 Å². The second kappa shape index (κ2) is 5.75. The van der Waals surface area contributed by atoms with Crippen LogP contribution in [0.25, 0.3) is 0 Å². The molecule has 1 atom stereocenters. The van der Waals surface area contributed by atoms with Gasteiger partial charge in [-0.3, -0.25) is 0 Å². The largest absolute Gasteiger partial charge is 0.495 e. The van der Waals surface area contributed by atoms with Crippen molar-refractivity contribution in [3.63, 3.8) is 0 Å². The molecule has 1 aliphatic carbocycles. The number of esters is 1. The number of hydrogen-bond donors (Lipinski definition) is 1. The van der Waals surface area contributed by atoms with E-state index in [0.29, 0.717) is 0 Å². The molecule has 0 radical (unpaired) electrons. The Morgan fingerprint density at radius 3 is 2.53 bits per heavy atom. The van der Waals surface area contributed by atoms with Crippen LogP contribution < -0.4 is 0 Å². The highest BCUT2D eigenvalue weighted by Gasteiger charge is 2.38. The average molecular weight is 308 g/mol. The molecule has 1 N–H and O–H groups in total. The van der Waals surface area contributed by atoms with Crippen molar-refractivity contribution in [2.45, 2.75) is 12.2 Å². The number of carbonyl (C=O) groups excluding carboxylic acids is 1. The van der Waals surface area contributed by atoms with Crippen LogP contribution in [0, 0.1) is 5.41 Å². The van der Waals surface area contributed by atoms with Gasteiger partial charge in [-0.05, 0) is 13.0 Å². The van der Waals surface area contributed by atoms with E-state index in [1.165, 1.54) is 7.11 Å². The maximum Gasteiger partial charge on any atom is 0.339 e. The zero-order chi connectivity index (χ0) is 14.8.